The third-order valence-electron chi connectivity index (χ3n) is 2.43. The Labute approximate surface area is 105 Å². The van der Waals surface area contributed by atoms with Gasteiger partial charge in [-0.1, -0.05) is 0 Å². The molecule has 0 saturated heterocycles. The maximum absolute atomic E-state index is 11.7. The van der Waals surface area contributed by atoms with E-state index in [1.165, 1.54) is 0 Å². The molecule has 2 aromatic rings. The Balaban J connectivity index is 1.83. The monoisotopic (exact) mass is 245 g/mol. The van der Waals surface area contributed by atoms with Crippen molar-refractivity contribution in [3.63, 3.8) is 0 Å². The second-order valence-corrected chi connectivity index (χ2v) is 3.75. The Hall–Kier alpha value is -2.37. The first-order valence-electron chi connectivity index (χ1n) is 5.69. The summed E-state index contributed by atoms with van der Waals surface area (Å²) in [5, 5.41) is 9.74. The molecule has 0 unspecified atom stereocenters. The van der Waals surface area contributed by atoms with E-state index < -0.39 is 0 Å². The second-order valence-electron chi connectivity index (χ2n) is 3.75. The average molecular weight is 245 g/mol. The molecule has 0 aliphatic carbocycles. The summed E-state index contributed by atoms with van der Waals surface area (Å²) in [6, 6.07) is 5.45. The minimum Gasteiger partial charge on any atom is -0.373 e. The first-order valence-corrected chi connectivity index (χ1v) is 5.69. The Kier molecular flexibility index (Phi) is 3.90. The zero-order valence-corrected chi connectivity index (χ0v) is 10.1. The van der Waals surface area contributed by atoms with E-state index in [0.29, 0.717) is 18.7 Å². The normalized spacial score (nSPS) is 10.1. The summed E-state index contributed by atoms with van der Waals surface area (Å²) in [5.74, 6) is 0.717. The molecule has 0 fully saturated rings. The van der Waals surface area contributed by atoms with Gasteiger partial charge in [0.05, 0.1) is 11.9 Å². The van der Waals surface area contributed by atoms with Gasteiger partial charge in [-0.15, -0.1) is 0 Å². The molecule has 0 saturated carbocycles. The van der Waals surface area contributed by atoms with Crippen molar-refractivity contribution in [1.82, 2.24) is 14.8 Å². The zero-order chi connectivity index (χ0) is 12.8. The molecule has 6 nitrogen and oxygen atoms in total. The van der Waals surface area contributed by atoms with Gasteiger partial charge in [-0.25, -0.2) is 4.98 Å². The van der Waals surface area contributed by atoms with E-state index in [1.54, 1.807) is 24.1 Å². The molecule has 0 aliphatic rings. The second kappa shape index (κ2) is 5.81. The highest BCUT2D eigenvalue weighted by atomic mass is 16.1. The lowest BCUT2D eigenvalue weighted by Gasteiger charge is -2.06. The molecule has 0 radical (unpaired) electrons. The van der Waals surface area contributed by atoms with Crippen molar-refractivity contribution < 1.29 is 4.79 Å². The number of carbonyl (C=O) groups is 1. The number of aromatic nitrogens is 3. The van der Waals surface area contributed by atoms with Crippen LogP contribution >= 0.6 is 0 Å². The minimum atomic E-state index is -0.0514. The van der Waals surface area contributed by atoms with Gasteiger partial charge in [0.25, 0.3) is 0 Å². The number of aryl methyl sites for hydroxylation is 1. The first kappa shape index (κ1) is 12.1. The SMILES string of the molecule is CNc1ccc(NC(=O)CCn2cccn2)cn1. The van der Waals surface area contributed by atoms with Crippen LogP contribution in [0.25, 0.3) is 0 Å². The molecule has 2 N–H and O–H groups in total. The van der Waals surface area contributed by atoms with Crippen molar-refractivity contribution in [2.45, 2.75) is 13.0 Å². The highest BCUT2D eigenvalue weighted by molar-refractivity contribution is 5.90. The molecule has 1 amide bonds. The molecule has 2 heterocycles. The minimum absolute atomic E-state index is 0.0514. The standard InChI is InChI=1S/C12H15N5O/c1-13-11-4-3-10(9-14-11)16-12(18)5-8-17-7-2-6-15-17/h2-4,6-7,9H,5,8H2,1H3,(H,13,14)(H,16,18). The van der Waals surface area contributed by atoms with E-state index in [0.717, 1.165) is 5.82 Å². The lowest BCUT2D eigenvalue weighted by molar-refractivity contribution is -0.116. The van der Waals surface area contributed by atoms with Gasteiger partial charge in [-0.05, 0) is 18.2 Å². The van der Waals surface area contributed by atoms with Crippen molar-refractivity contribution in [1.29, 1.82) is 0 Å². The van der Waals surface area contributed by atoms with Crippen LogP contribution in [0.1, 0.15) is 6.42 Å². The van der Waals surface area contributed by atoms with Crippen molar-refractivity contribution >= 4 is 17.4 Å². The summed E-state index contributed by atoms with van der Waals surface area (Å²) in [6.45, 7) is 0.570. The predicted octanol–water partition coefficient (Wildman–Crippen LogP) is 1.35. The van der Waals surface area contributed by atoms with Gasteiger partial charge in [0, 0.05) is 32.4 Å². The third kappa shape index (κ3) is 3.31. The molecule has 0 bridgehead atoms. The molecule has 6 heteroatoms. The quantitative estimate of drug-likeness (QED) is 0.834. The smallest absolute Gasteiger partial charge is 0.226 e. The van der Waals surface area contributed by atoms with E-state index in [1.807, 2.05) is 24.4 Å². The molecule has 2 aromatic heterocycles. The van der Waals surface area contributed by atoms with Crippen molar-refractivity contribution in [3.05, 3.63) is 36.8 Å². The highest BCUT2D eigenvalue weighted by Crippen LogP contribution is 2.09. The number of carbonyl (C=O) groups excluding carboxylic acids is 1. The number of hydrogen-bond acceptors (Lipinski definition) is 4. The van der Waals surface area contributed by atoms with Crippen LogP contribution in [0.5, 0.6) is 0 Å². The van der Waals surface area contributed by atoms with Crippen LogP contribution in [-0.2, 0) is 11.3 Å². The van der Waals surface area contributed by atoms with E-state index in [9.17, 15) is 4.79 Å². The number of pyridine rings is 1. The average Bonchev–Trinajstić information content (AvgIpc) is 2.90. The number of nitrogens with zero attached hydrogens (tertiary/aromatic N) is 3. The van der Waals surface area contributed by atoms with E-state index in [2.05, 4.69) is 20.7 Å². The van der Waals surface area contributed by atoms with E-state index in [-0.39, 0.29) is 5.91 Å². The summed E-state index contributed by atoms with van der Waals surface area (Å²) in [7, 11) is 1.80. The third-order valence-corrected chi connectivity index (χ3v) is 2.43. The maximum atomic E-state index is 11.7. The van der Waals surface area contributed by atoms with Crippen LogP contribution in [0.15, 0.2) is 36.8 Å². The Morgan fingerprint density at radius 2 is 2.33 bits per heavy atom. The van der Waals surface area contributed by atoms with Gasteiger partial charge >= 0.3 is 0 Å². The lowest BCUT2D eigenvalue weighted by Crippen LogP contribution is -2.14. The molecule has 18 heavy (non-hydrogen) atoms. The van der Waals surface area contributed by atoms with Crippen LogP contribution in [0.4, 0.5) is 11.5 Å². The van der Waals surface area contributed by atoms with Gasteiger partial charge in [0.15, 0.2) is 0 Å². The van der Waals surface area contributed by atoms with Crippen molar-refractivity contribution in [2.24, 2.45) is 0 Å². The summed E-state index contributed by atoms with van der Waals surface area (Å²) in [5.41, 5.74) is 0.694. The van der Waals surface area contributed by atoms with Gasteiger partial charge in [-0.3, -0.25) is 9.48 Å². The molecule has 0 aromatic carbocycles. The van der Waals surface area contributed by atoms with Crippen LogP contribution < -0.4 is 10.6 Å². The number of anilines is 2. The largest absolute Gasteiger partial charge is 0.373 e. The van der Waals surface area contributed by atoms with Gasteiger partial charge in [-0.2, -0.15) is 5.10 Å². The number of nitrogens with one attached hydrogen (secondary N) is 2. The molecular weight excluding hydrogens is 230 g/mol. The van der Waals surface area contributed by atoms with Crippen LogP contribution in [0, 0.1) is 0 Å². The van der Waals surface area contributed by atoms with E-state index >= 15 is 0 Å². The van der Waals surface area contributed by atoms with Crippen LogP contribution in [-0.4, -0.2) is 27.7 Å². The summed E-state index contributed by atoms with van der Waals surface area (Å²) < 4.78 is 1.72. The predicted molar refractivity (Wildman–Crippen MR) is 69.3 cm³/mol. The number of amides is 1. The van der Waals surface area contributed by atoms with E-state index in [4.69, 9.17) is 0 Å². The fourth-order valence-corrected chi connectivity index (χ4v) is 1.49. The fourth-order valence-electron chi connectivity index (χ4n) is 1.49. The number of rotatable bonds is 5. The number of hydrogen-bond donors (Lipinski definition) is 2. The van der Waals surface area contributed by atoms with Gasteiger partial charge < -0.3 is 10.6 Å². The van der Waals surface area contributed by atoms with Crippen molar-refractivity contribution in [3.8, 4) is 0 Å². The van der Waals surface area contributed by atoms with Crippen molar-refractivity contribution in [2.75, 3.05) is 17.7 Å². The van der Waals surface area contributed by atoms with Crippen LogP contribution in [0.3, 0.4) is 0 Å². The molecule has 0 aliphatic heterocycles. The van der Waals surface area contributed by atoms with Crippen LogP contribution in [0.2, 0.25) is 0 Å². The molecular formula is C12H15N5O. The molecule has 0 spiro atoms. The highest BCUT2D eigenvalue weighted by Gasteiger charge is 2.03. The zero-order valence-electron chi connectivity index (χ0n) is 10.1. The van der Waals surface area contributed by atoms with Gasteiger partial charge in [0.1, 0.15) is 5.82 Å². The Bertz CT molecular complexity index is 492. The fraction of sp³-hybridized carbons (Fsp3) is 0.250. The molecule has 0 atom stereocenters. The topological polar surface area (TPSA) is 71.8 Å². The molecule has 94 valence electrons. The Morgan fingerprint density at radius 3 is 2.94 bits per heavy atom. The molecule has 2 rings (SSSR count). The first-order chi connectivity index (χ1) is 8.78. The summed E-state index contributed by atoms with van der Waals surface area (Å²) in [4.78, 5) is 15.8. The lowest BCUT2D eigenvalue weighted by atomic mass is 10.3. The summed E-state index contributed by atoms with van der Waals surface area (Å²) in [6.07, 6.45) is 5.53. The summed E-state index contributed by atoms with van der Waals surface area (Å²) >= 11 is 0. The van der Waals surface area contributed by atoms with Gasteiger partial charge in [0.2, 0.25) is 5.91 Å². The Morgan fingerprint density at radius 1 is 1.44 bits per heavy atom. The maximum Gasteiger partial charge on any atom is 0.226 e.